The second-order valence-corrected chi connectivity index (χ2v) is 6.82. The van der Waals surface area contributed by atoms with E-state index >= 15 is 0 Å². The van der Waals surface area contributed by atoms with Crippen LogP contribution in [0.3, 0.4) is 0 Å². The van der Waals surface area contributed by atoms with Gasteiger partial charge in [-0.2, -0.15) is 0 Å². The molecular weight excluding hydrogens is 318 g/mol. The number of aromatic nitrogens is 1. The van der Waals surface area contributed by atoms with E-state index in [1.807, 2.05) is 37.4 Å². The van der Waals surface area contributed by atoms with E-state index in [-0.39, 0.29) is 5.91 Å². The van der Waals surface area contributed by atoms with Gasteiger partial charge in [-0.05, 0) is 49.8 Å². The molecule has 1 heterocycles. The van der Waals surface area contributed by atoms with Crippen molar-refractivity contribution in [1.29, 1.82) is 0 Å². The zero-order chi connectivity index (χ0) is 16.8. The minimum atomic E-state index is 0.0594. The number of nitrogens with zero attached hydrogens (tertiary/aromatic N) is 1. The van der Waals surface area contributed by atoms with Gasteiger partial charge in [0.2, 0.25) is 5.91 Å². The fourth-order valence-electron chi connectivity index (χ4n) is 2.53. The van der Waals surface area contributed by atoms with E-state index in [9.17, 15) is 4.79 Å². The van der Waals surface area contributed by atoms with E-state index in [2.05, 4.69) is 33.8 Å². The monoisotopic (exact) mass is 339 g/mol. The molecule has 2 aromatic carbocycles. The van der Waals surface area contributed by atoms with Crippen LogP contribution in [-0.2, 0) is 11.2 Å². The van der Waals surface area contributed by atoms with E-state index in [4.69, 9.17) is 0 Å². The van der Waals surface area contributed by atoms with E-state index in [1.54, 1.807) is 11.3 Å². The number of carbonyl (C=O) groups excluding carboxylic acids is 1. The number of amides is 1. The summed E-state index contributed by atoms with van der Waals surface area (Å²) < 4.78 is 1.22. The molecule has 0 aliphatic carbocycles. The largest absolute Gasteiger partial charge is 0.326 e. The fraction of sp³-hybridized carbons (Fsp3) is 0.263. The van der Waals surface area contributed by atoms with Crippen LogP contribution in [-0.4, -0.2) is 24.5 Å². The summed E-state index contributed by atoms with van der Waals surface area (Å²) >= 11 is 1.73. The lowest BCUT2D eigenvalue weighted by Crippen LogP contribution is -2.15. The summed E-state index contributed by atoms with van der Waals surface area (Å²) in [4.78, 5) is 16.5. The van der Waals surface area contributed by atoms with Gasteiger partial charge in [-0.3, -0.25) is 4.79 Å². The number of benzene rings is 2. The number of nitrogens with one attached hydrogen (secondary N) is 2. The van der Waals surface area contributed by atoms with Gasteiger partial charge in [0.15, 0.2) is 0 Å². The Kier molecular flexibility index (Phi) is 5.56. The Morgan fingerprint density at radius 1 is 1.12 bits per heavy atom. The number of thiazole rings is 1. The van der Waals surface area contributed by atoms with E-state index in [0.29, 0.717) is 6.42 Å². The number of anilines is 1. The number of carbonyl (C=O) groups is 1. The molecule has 124 valence electrons. The number of fused-ring (bicyclic) bond motifs is 1. The number of rotatable bonds is 7. The summed E-state index contributed by atoms with van der Waals surface area (Å²) in [5, 5.41) is 7.09. The van der Waals surface area contributed by atoms with Gasteiger partial charge < -0.3 is 10.6 Å². The maximum absolute atomic E-state index is 11.8. The van der Waals surface area contributed by atoms with Gasteiger partial charge in [0.05, 0.1) is 15.2 Å². The first-order valence-electron chi connectivity index (χ1n) is 8.12. The van der Waals surface area contributed by atoms with Crippen molar-refractivity contribution in [1.82, 2.24) is 10.3 Å². The summed E-state index contributed by atoms with van der Waals surface area (Å²) in [5.41, 5.74) is 3.10. The van der Waals surface area contributed by atoms with E-state index < -0.39 is 0 Å². The van der Waals surface area contributed by atoms with Gasteiger partial charge >= 0.3 is 0 Å². The lowest BCUT2D eigenvalue weighted by Gasteiger charge is -2.06. The topological polar surface area (TPSA) is 54.0 Å². The quantitative estimate of drug-likeness (QED) is 0.643. The molecule has 0 unspecified atom stereocenters. The van der Waals surface area contributed by atoms with Gasteiger partial charge in [0.1, 0.15) is 0 Å². The maximum Gasteiger partial charge on any atom is 0.224 e. The summed E-state index contributed by atoms with van der Waals surface area (Å²) in [6, 6.07) is 16.2. The van der Waals surface area contributed by atoms with Crippen LogP contribution < -0.4 is 10.6 Å². The highest BCUT2D eigenvalue weighted by Gasteiger charge is 2.05. The highest BCUT2D eigenvalue weighted by Crippen LogP contribution is 2.24. The highest BCUT2D eigenvalue weighted by atomic mass is 32.1. The second kappa shape index (κ2) is 8.04. The molecule has 0 atom stereocenters. The normalized spacial score (nSPS) is 10.9. The first-order valence-corrected chi connectivity index (χ1v) is 8.94. The van der Waals surface area contributed by atoms with Crippen LogP contribution in [0, 0.1) is 0 Å². The molecule has 0 aliphatic heterocycles. The minimum absolute atomic E-state index is 0.0594. The standard InChI is InChI=1S/C19H21N3OS/c1-20-12-4-7-18(23)21-15-10-8-14(9-11-15)13-19-22-16-5-2-3-6-17(16)24-19/h2-3,5-6,8-11,20H,4,7,12-13H2,1H3,(H,21,23). The van der Waals surface area contributed by atoms with Crippen molar-refractivity contribution in [2.45, 2.75) is 19.3 Å². The van der Waals surface area contributed by atoms with Gasteiger partial charge in [0, 0.05) is 18.5 Å². The van der Waals surface area contributed by atoms with Crippen molar-refractivity contribution in [2.24, 2.45) is 0 Å². The van der Waals surface area contributed by atoms with Crippen LogP contribution in [0.25, 0.3) is 10.2 Å². The second-order valence-electron chi connectivity index (χ2n) is 5.70. The Bertz CT molecular complexity index is 778. The Balaban J connectivity index is 1.59. The molecule has 0 fully saturated rings. The molecule has 1 amide bonds. The predicted molar refractivity (Wildman–Crippen MR) is 101 cm³/mol. The molecular formula is C19H21N3OS. The molecule has 1 aromatic heterocycles. The van der Waals surface area contributed by atoms with Crippen molar-refractivity contribution >= 4 is 33.1 Å². The zero-order valence-electron chi connectivity index (χ0n) is 13.7. The lowest BCUT2D eigenvalue weighted by molar-refractivity contribution is -0.116. The van der Waals surface area contributed by atoms with Crippen LogP contribution in [0.1, 0.15) is 23.4 Å². The molecule has 0 radical (unpaired) electrons. The lowest BCUT2D eigenvalue weighted by atomic mass is 10.1. The Labute approximate surface area is 145 Å². The summed E-state index contributed by atoms with van der Waals surface area (Å²) in [5.74, 6) is 0.0594. The van der Waals surface area contributed by atoms with Crippen molar-refractivity contribution in [3.63, 3.8) is 0 Å². The Morgan fingerprint density at radius 3 is 2.67 bits per heavy atom. The average Bonchev–Trinajstić information content (AvgIpc) is 2.99. The molecule has 24 heavy (non-hydrogen) atoms. The first kappa shape index (κ1) is 16.6. The van der Waals surface area contributed by atoms with Crippen LogP contribution in [0.4, 0.5) is 5.69 Å². The maximum atomic E-state index is 11.8. The molecule has 3 rings (SSSR count). The van der Waals surface area contributed by atoms with Crippen molar-refractivity contribution in [3.05, 3.63) is 59.1 Å². The first-order chi connectivity index (χ1) is 11.7. The third-order valence-corrected chi connectivity index (χ3v) is 4.80. The van der Waals surface area contributed by atoms with Crippen molar-refractivity contribution in [2.75, 3.05) is 18.9 Å². The minimum Gasteiger partial charge on any atom is -0.326 e. The average molecular weight is 339 g/mol. The van der Waals surface area contributed by atoms with E-state index in [1.165, 1.54) is 10.3 Å². The molecule has 5 heteroatoms. The molecule has 0 aliphatic rings. The van der Waals surface area contributed by atoms with Gasteiger partial charge in [-0.1, -0.05) is 24.3 Å². The van der Waals surface area contributed by atoms with Crippen LogP contribution >= 0.6 is 11.3 Å². The third kappa shape index (κ3) is 4.40. The van der Waals surface area contributed by atoms with Gasteiger partial charge in [-0.25, -0.2) is 4.98 Å². The predicted octanol–water partition coefficient (Wildman–Crippen LogP) is 3.83. The Hall–Kier alpha value is -2.24. The van der Waals surface area contributed by atoms with Crippen LogP contribution in [0.15, 0.2) is 48.5 Å². The molecule has 3 aromatic rings. The van der Waals surface area contributed by atoms with Crippen molar-refractivity contribution in [3.8, 4) is 0 Å². The van der Waals surface area contributed by atoms with Crippen molar-refractivity contribution < 1.29 is 4.79 Å². The van der Waals surface area contributed by atoms with E-state index in [0.717, 1.165) is 35.6 Å². The summed E-state index contributed by atoms with van der Waals surface area (Å²) in [6.07, 6.45) is 2.20. The molecule has 0 bridgehead atoms. The molecule has 4 nitrogen and oxygen atoms in total. The fourth-order valence-corrected chi connectivity index (χ4v) is 3.53. The number of hydrogen-bond acceptors (Lipinski definition) is 4. The molecule has 0 saturated heterocycles. The van der Waals surface area contributed by atoms with Gasteiger partial charge in [-0.15, -0.1) is 11.3 Å². The molecule has 2 N–H and O–H groups in total. The SMILES string of the molecule is CNCCCC(=O)Nc1ccc(Cc2nc3ccccc3s2)cc1. The zero-order valence-corrected chi connectivity index (χ0v) is 14.5. The van der Waals surface area contributed by atoms with Crippen LogP contribution in [0.2, 0.25) is 0 Å². The Morgan fingerprint density at radius 2 is 1.92 bits per heavy atom. The highest BCUT2D eigenvalue weighted by molar-refractivity contribution is 7.18. The molecule has 0 spiro atoms. The summed E-state index contributed by atoms with van der Waals surface area (Å²) in [7, 11) is 1.89. The molecule has 0 saturated carbocycles. The number of hydrogen-bond donors (Lipinski definition) is 2. The smallest absolute Gasteiger partial charge is 0.224 e. The third-order valence-electron chi connectivity index (χ3n) is 3.76. The summed E-state index contributed by atoms with van der Waals surface area (Å²) in [6.45, 7) is 0.856. The van der Waals surface area contributed by atoms with Gasteiger partial charge in [0.25, 0.3) is 0 Å². The number of para-hydroxylation sites is 1. The van der Waals surface area contributed by atoms with Crippen LogP contribution in [0.5, 0.6) is 0 Å².